The zero-order valence-electron chi connectivity index (χ0n) is 14.0. The Morgan fingerprint density at radius 3 is 2.48 bits per heavy atom. The summed E-state index contributed by atoms with van der Waals surface area (Å²) in [5.41, 5.74) is 2.57. The largest absolute Gasteiger partial charge is 0.355 e. The van der Waals surface area contributed by atoms with Gasteiger partial charge in [-0.25, -0.2) is 13.1 Å². The zero-order valence-corrected chi connectivity index (χ0v) is 15.5. The molecule has 0 atom stereocenters. The summed E-state index contributed by atoms with van der Waals surface area (Å²) in [4.78, 5) is 11.8. The van der Waals surface area contributed by atoms with E-state index in [-0.39, 0.29) is 18.2 Å². The molecule has 0 radical (unpaired) electrons. The fraction of sp³-hybridized carbons (Fsp3) is 0.278. The molecule has 25 heavy (non-hydrogen) atoms. The average Bonchev–Trinajstić information content (AvgIpc) is 2.57. The van der Waals surface area contributed by atoms with Gasteiger partial charge in [0.05, 0.1) is 12.3 Å². The molecule has 0 spiro atoms. The van der Waals surface area contributed by atoms with Crippen molar-refractivity contribution in [3.8, 4) is 0 Å². The van der Waals surface area contributed by atoms with Crippen LogP contribution in [0.3, 0.4) is 0 Å². The predicted molar refractivity (Wildman–Crippen MR) is 100.0 cm³/mol. The van der Waals surface area contributed by atoms with Gasteiger partial charge in [0.2, 0.25) is 15.9 Å². The number of aryl methyl sites for hydroxylation is 1. The SMILES string of the molecule is Cc1ccc(CS(=O)(=O)NCC(=O)NCCc2ccccc2)cc1Cl. The van der Waals surface area contributed by atoms with Gasteiger partial charge in [0.15, 0.2) is 0 Å². The third-order valence-corrected chi connectivity index (χ3v) is 5.33. The second-order valence-electron chi connectivity index (χ2n) is 5.75. The monoisotopic (exact) mass is 380 g/mol. The molecule has 1 amide bonds. The van der Waals surface area contributed by atoms with E-state index in [4.69, 9.17) is 11.6 Å². The molecule has 7 heteroatoms. The minimum absolute atomic E-state index is 0.218. The second-order valence-corrected chi connectivity index (χ2v) is 7.96. The lowest BCUT2D eigenvalue weighted by Gasteiger charge is -2.09. The molecule has 2 aromatic carbocycles. The first kappa shape index (κ1) is 19.4. The van der Waals surface area contributed by atoms with E-state index in [1.165, 1.54) is 0 Å². The van der Waals surface area contributed by atoms with Crippen LogP contribution in [0.5, 0.6) is 0 Å². The van der Waals surface area contributed by atoms with E-state index in [1.54, 1.807) is 18.2 Å². The van der Waals surface area contributed by atoms with Crippen molar-refractivity contribution < 1.29 is 13.2 Å². The Bertz CT molecular complexity index is 823. The Morgan fingerprint density at radius 2 is 1.80 bits per heavy atom. The molecule has 0 aliphatic heterocycles. The lowest BCUT2D eigenvalue weighted by Crippen LogP contribution is -2.38. The first-order valence-electron chi connectivity index (χ1n) is 7.89. The molecule has 0 heterocycles. The molecule has 134 valence electrons. The van der Waals surface area contributed by atoms with Gasteiger partial charge in [-0.15, -0.1) is 0 Å². The summed E-state index contributed by atoms with van der Waals surface area (Å²) in [6.07, 6.45) is 0.696. The van der Waals surface area contributed by atoms with E-state index in [1.807, 2.05) is 37.3 Å². The molecule has 0 aliphatic rings. The van der Waals surface area contributed by atoms with Crippen LogP contribution >= 0.6 is 11.6 Å². The van der Waals surface area contributed by atoms with Crippen LogP contribution in [0.25, 0.3) is 0 Å². The normalized spacial score (nSPS) is 11.3. The van der Waals surface area contributed by atoms with Gasteiger partial charge >= 0.3 is 0 Å². The van der Waals surface area contributed by atoms with Crippen molar-refractivity contribution in [2.24, 2.45) is 0 Å². The van der Waals surface area contributed by atoms with E-state index in [0.717, 1.165) is 11.1 Å². The molecule has 0 aromatic heterocycles. The maximum absolute atomic E-state index is 12.1. The van der Waals surface area contributed by atoms with E-state index in [2.05, 4.69) is 10.0 Å². The number of hydrogen-bond donors (Lipinski definition) is 2. The lowest BCUT2D eigenvalue weighted by molar-refractivity contribution is -0.119. The molecule has 0 saturated carbocycles. The van der Waals surface area contributed by atoms with Gasteiger partial charge in [-0.2, -0.15) is 0 Å². The molecule has 0 saturated heterocycles. The van der Waals surface area contributed by atoms with Gasteiger partial charge in [-0.05, 0) is 36.1 Å². The Labute approximate surface area is 153 Å². The van der Waals surface area contributed by atoms with Crippen LogP contribution in [0.4, 0.5) is 0 Å². The molecule has 5 nitrogen and oxygen atoms in total. The molecule has 2 aromatic rings. The Balaban J connectivity index is 1.76. The number of sulfonamides is 1. The van der Waals surface area contributed by atoms with Gasteiger partial charge < -0.3 is 5.32 Å². The molecule has 0 aliphatic carbocycles. The Morgan fingerprint density at radius 1 is 1.08 bits per heavy atom. The third-order valence-electron chi connectivity index (χ3n) is 3.62. The first-order valence-corrected chi connectivity index (χ1v) is 9.92. The first-order chi connectivity index (χ1) is 11.9. The zero-order chi connectivity index (χ0) is 18.3. The van der Waals surface area contributed by atoms with Crippen molar-refractivity contribution in [1.29, 1.82) is 0 Å². The smallest absolute Gasteiger partial charge is 0.235 e. The molecular formula is C18H21ClN2O3S. The predicted octanol–water partition coefficient (Wildman–Crippen LogP) is 2.43. The van der Waals surface area contributed by atoms with Crippen LogP contribution < -0.4 is 10.0 Å². The van der Waals surface area contributed by atoms with Crippen LogP contribution in [-0.2, 0) is 27.0 Å². The van der Waals surface area contributed by atoms with Crippen molar-refractivity contribution in [2.45, 2.75) is 19.1 Å². The summed E-state index contributed by atoms with van der Waals surface area (Å²) in [6.45, 7) is 2.02. The summed E-state index contributed by atoms with van der Waals surface area (Å²) >= 11 is 6.00. The topological polar surface area (TPSA) is 75.3 Å². The fourth-order valence-electron chi connectivity index (χ4n) is 2.23. The molecule has 2 N–H and O–H groups in total. The van der Waals surface area contributed by atoms with Gasteiger partial charge in [0.25, 0.3) is 0 Å². The molecule has 0 fully saturated rings. The fourth-order valence-corrected chi connectivity index (χ4v) is 3.50. The van der Waals surface area contributed by atoms with Gasteiger partial charge in [0, 0.05) is 11.6 Å². The molecule has 0 unspecified atom stereocenters. The highest BCUT2D eigenvalue weighted by Gasteiger charge is 2.14. The minimum atomic E-state index is -3.61. The van der Waals surface area contributed by atoms with Crippen LogP contribution in [0.15, 0.2) is 48.5 Å². The number of amides is 1. The number of halogens is 1. The van der Waals surface area contributed by atoms with Crippen molar-refractivity contribution in [3.63, 3.8) is 0 Å². The number of carbonyl (C=O) groups excluding carboxylic acids is 1. The van der Waals surface area contributed by atoms with Crippen LogP contribution in [0.2, 0.25) is 5.02 Å². The summed E-state index contributed by atoms with van der Waals surface area (Å²) in [5.74, 6) is -0.578. The van der Waals surface area contributed by atoms with E-state index >= 15 is 0 Å². The quantitative estimate of drug-likeness (QED) is 0.738. The van der Waals surface area contributed by atoms with Gasteiger partial charge in [0.1, 0.15) is 0 Å². The van der Waals surface area contributed by atoms with Crippen molar-refractivity contribution in [2.75, 3.05) is 13.1 Å². The maximum Gasteiger partial charge on any atom is 0.235 e. The minimum Gasteiger partial charge on any atom is -0.355 e. The maximum atomic E-state index is 12.1. The van der Waals surface area contributed by atoms with E-state index in [9.17, 15) is 13.2 Å². The summed E-state index contributed by atoms with van der Waals surface area (Å²) in [6, 6.07) is 14.8. The number of rotatable bonds is 8. The molecule has 2 rings (SSSR count). The van der Waals surface area contributed by atoms with Crippen LogP contribution in [0.1, 0.15) is 16.7 Å². The van der Waals surface area contributed by atoms with Gasteiger partial charge in [-0.3, -0.25) is 4.79 Å². The van der Waals surface area contributed by atoms with E-state index in [0.29, 0.717) is 23.6 Å². The highest BCUT2D eigenvalue weighted by molar-refractivity contribution is 7.88. The standard InChI is InChI=1S/C18H21ClN2O3S/c1-14-7-8-16(11-17(14)19)13-25(23,24)21-12-18(22)20-10-9-15-5-3-2-4-6-15/h2-8,11,21H,9-10,12-13H2,1H3,(H,20,22). The molecular weight excluding hydrogens is 360 g/mol. The Kier molecular flexibility index (Phi) is 6.99. The van der Waals surface area contributed by atoms with E-state index < -0.39 is 10.0 Å². The Hall–Kier alpha value is -1.89. The van der Waals surface area contributed by atoms with Crippen molar-refractivity contribution in [1.82, 2.24) is 10.0 Å². The highest BCUT2D eigenvalue weighted by Crippen LogP contribution is 2.17. The van der Waals surface area contributed by atoms with Crippen molar-refractivity contribution >= 4 is 27.5 Å². The number of hydrogen-bond acceptors (Lipinski definition) is 3. The number of nitrogens with one attached hydrogen (secondary N) is 2. The summed E-state index contributed by atoms with van der Waals surface area (Å²) in [5, 5.41) is 3.22. The lowest BCUT2D eigenvalue weighted by atomic mass is 10.1. The van der Waals surface area contributed by atoms with Crippen LogP contribution in [-0.4, -0.2) is 27.4 Å². The van der Waals surface area contributed by atoms with Crippen LogP contribution in [0, 0.1) is 6.92 Å². The third kappa shape index (κ3) is 6.86. The van der Waals surface area contributed by atoms with Gasteiger partial charge in [-0.1, -0.05) is 54.1 Å². The second kappa shape index (κ2) is 8.99. The number of benzene rings is 2. The average molecular weight is 381 g/mol. The van der Waals surface area contributed by atoms with Crippen molar-refractivity contribution in [3.05, 3.63) is 70.2 Å². The summed E-state index contributed by atoms with van der Waals surface area (Å²) < 4.78 is 26.4. The number of carbonyl (C=O) groups is 1. The highest BCUT2D eigenvalue weighted by atomic mass is 35.5. The molecule has 0 bridgehead atoms. The summed E-state index contributed by atoms with van der Waals surface area (Å²) in [7, 11) is -3.61.